The first kappa shape index (κ1) is 28.9. The summed E-state index contributed by atoms with van der Waals surface area (Å²) in [5, 5.41) is 18.3. The van der Waals surface area contributed by atoms with E-state index in [1.807, 2.05) is 0 Å². The molecule has 0 spiro atoms. The van der Waals surface area contributed by atoms with Gasteiger partial charge in [-0.2, -0.15) is 13.2 Å². The molecule has 1 fully saturated rings. The van der Waals surface area contributed by atoms with Gasteiger partial charge >= 0.3 is 24.2 Å². The molecule has 2 aromatic heterocycles. The van der Waals surface area contributed by atoms with E-state index < -0.39 is 48.4 Å². The molecule has 3 N–H and O–H groups in total. The van der Waals surface area contributed by atoms with Crippen LogP contribution in [0.15, 0.2) is 36.5 Å². The summed E-state index contributed by atoms with van der Waals surface area (Å²) in [6.07, 6.45) is -5.47. The molecule has 0 radical (unpaired) electrons. The van der Waals surface area contributed by atoms with Gasteiger partial charge in [0.15, 0.2) is 5.82 Å². The number of nitrogens with two attached hydrogens (primary N) is 1. The lowest BCUT2D eigenvalue weighted by atomic mass is 10.1. The van der Waals surface area contributed by atoms with Gasteiger partial charge in [0.1, 0.15) is 23.6 Å². The molecule has 1 aromatic carbocycles. The highest BCUT2D eigenvalue weighted by Crippen LogP contribution is 2.32. The van der Waals surface area contributed by atoms with Crippen LogP contribution in [0.4, 0.5) is 28.0 Å². The highest BCUT2D eigenvalue weighted by Gasteiger charge is 2.43. The van der Waals surface area contributed by atoms with E-state index in [2.05, 4.69) is 20.5 Å². The van der Waals surface area contributed by atoms with Crippen LogP contribution in [0.1, 0.15) is 13.8 Å². The van der Waals surface area contributed by atoms with Crippen LogP contribution in [0, 0.1) is 5.82 Å². The molecule has 0 aliphatic carbocycles. The van der Waals surface area contributed by atoms with Crippen molar-refractivity contribution in [2.24, 2.45) is 12.8 Å². The third-order valence-electron chi connectivity index (χ3n) is 5.22. The Bertz CT molecular complexity index is 1360. The normalized spacial score (nSPS) is 17.6. The lowest BCUT2D eigenvalue weighted by Crippen LogP contribution is -2.39. The van der Waals surface area contributed by atoms with Crippen LogP contribution in [-0.2, 0) is 26.1 Å². The summed E-state index contributed by atoms with van der Waals surface area (Å²) in [5.74, 6) is -3.54. The molecule has 3 atom stereocenters. The molecule has 1 amide bonds. The van der Waals surface area contributed by atoms with Crippen molar-refractivity contribution in [2.75, 3.05) is 4.90 Å². The fourth-order valence-electron chi connectivity index (χ4n) is 3.25. The highest BCUT2D eigenvalue weighted by molar-refractivity contribution is 5.91. The minimum Gasteiger partial charge on any atom is -0.475 e. The third kappa shape index (κ3) is 6.61. The minimum atomic E-state index is -5.08. The number of carbonyl (C=O) groups is 3. The topological polar surface area (TPSA) is 176 Å². The molecule has 4 rings (SSSR count). The molecule has 17 heteroatoms. The van der Waals surface area contributed by atoms with E-state index in [0.717, 1.165) is 0 Å². The zero-order valence-electron chi connectivity index (χ0n) is 20.5. The van der Waals surface area contributed by atoms with Crippen molar-refractivity contribution in [3.63, 3.8) is 0 Å². The van der Waals surface area contributed by atoms with Gasteiger partial charge in [0.2, 0.25) is 0 Å². The number of carboxylic acid groups (broad SMARTS) is 1. The maximum Gasteiger partial charge on any atom is 0.490 e. The molecule has 1 aliphatic heterocycles. The number of hydrogen-bond donors (Lipinski definition) is 2. The molecule has 1 unspecified atom stereocenters. The van der Waals surface area contributed by atoms with Crippen molar-refractivity contribution in [3.05, 3.63) is 42.3 Å². The number of alkyl halides is 3. The molecule has 13 nitrogen and oxygen atoms in total. The third-order valence-corrected chi connectivity index (χ3v) is 5.22. The Kier molecular flexibility index (Phi) is 8.43. The number of hydrogen-bond acceptors (Lipinski definition) is 10. The predicted molar refractivity (Wildman–Crippen MR) is 123 cm³/mol. The number of pyridine rings is 1. The van der Waals surface area contributed by atoms with Gasteiger partial charge in [0, 0.05) is 24.4 Å². The quantitative estimate of drug-likeness (QED) is 0.349. The van der Waals surface area contributed by atoms with Crippen molar-refractivity contribution in [1.29, 1.82) is 0 Å². The van der Waals surface area contributed by atoms with E-state index in [-0.39, 0.29) is 5.69 Å². The number of halogens is 4. The summed E-state index contributed by atoms with van der Waals surface area (Å²) in [5.41, 5.74) is 7.12. The standard InChI is InChI=1S/C20H20FN7O4.C2HF3O2/c1-10(22)18(29)31-19-11(2)28(20(30)32-19)13-5-6-14(15(21)8-13)12-4-7-16(23-9-12)17-24-25-26-27(17)3;3-2(4,5)1(6)7/h4-11,19H,22H2,1-3H3;(H,6,7)/t10-,11+,19?;/m0./s1. The maximum atomic E-state index is 14.9. The minimum absolute atomic E-state index is 0.262. The van der Waals surface area contributed by atoms with Crippen LogP contribution in [0.2, 0.25) is 0 Å². The number of anilines is 1. The average Bonchev–Trinajstić information content (AvgIpc) is 3.40. The van der Waals surface area contributed by atoms with E-state index >= 15 is 0 Å². The average molecular weight is 555 g/mol. The molecular formula is C22H21F4N7O6. The molecule has 1 aliphatic rings. The monoisotopic (exact) mass is 555 g/mol. The number of nitrogens with zero attached hydrogens (tertiary/aromatic N) is 6. The second kappa shape index (κ2) is 11.4. The van der Waals surface area contributed by atoms with Gasteiger partial charge in [-0.05, 0) is 48.5 Å². The first-order valence-corrected chi connectivity index (χ1v) is 11.0. The number of aryl methyl sites for hydroxylation is 1. The summed E-state index contributed by atoms with van der Waals surface area (Å²) in [6, 6.07) is 6.17. The SMILES string of the molecule is C[C@H](N)C(=O)OC1OC(=O)N(c2ccc(-c3ccc(-c4nnnn4C)nc3)c(F)c2)[C@@H]1C.O=C(O)C(F)(F)F. The Hall–Kier alpha value is -4.67. The lowest BCUT2D eigenvalue weighted by molar-refractivity contribution is -0.192. The van der Waals surface area contributed by atoms with Crippen LogP contribution < -0.4 is 10.6 Å². The van der Waals surface area contributed by atoms with Crippen molar-refractivity contribution in [1.82, 2.24) is 25.2 Å². The fraction of sp³-hybridized carbons (Fsp3) is 0.318. The molecule has 3 aromatic rings. The van der Waals surface area contributed by atoms with Crippen LogP contribution in [0.3, 0.4) is 0 Å². The number of aromatic nitrogens is 5. The van der Waals surface area contributed by atoms with Gasteiger partial charge < -0.3 is 20.3 Å². The number of tetrazole rings is 1. The van der Waals surface area contributed by atoms with E-state index in [9.17, 15) is 27.2 Å². The molecular weight excluding hydrogens is 534 g/mol. The second-order valence-corrected chi connectivity index (χ2v) is 8.11. The largest absolute Gasteiger partial charge is 0.490 e. The number of amides is 1. The van der Waals surface area contributed by atoms with Gasteiger partial charge in [-0.1, -0.05) is 6.07 Å². The van der Waals surface area contributed by atoms with Gasteiger partial charge in [-0.25, -0.2) is 18.7 Å². The summed E-state index contributed by atoms with van der Waals surface area (Å²) in [7, 11) is 1.69. The van der Waals surface area contributed by atoms with Crippen LogP contribution in [0.5, 0.6) is 0 Å². The predicted octanol–water partition coefficient (Wildman–Crippen LogP) is 2.27. The Morgan fingerprint density at radius 3 is 2.38 bits per heavy atom. The number of ether oxygens (including phenoxy) is 2. The number of carboxylic acids is 1. The number of carbonyl (C=O) groups excluding carboxylic acids is 2. The molecule has 208 valence electrons. The van der Waals surface area contributed by atoms with E-state index in [4.69, 9.17) is 25.1 Å². The lowest BCUT2D eigenvalue weighted by Gasteiger charge is -2.21. The smallest absolute Gasteiger partial charge is 0.475 e. The first-order valence-electron chi connectivity index (χ1n) is 11.0. The zero-order valence-corrected chi connectivity index (χ0v) is 20.5. The highest BCUT2D eigenvalue weighted by atomic mass is 19.4. The van der Waals surface area contributed by atoms with Crippen LogP contribution in [-0.4, -0.2) is 72.9 Å². The molecule has 1 saturated heterocycles. The first-order chi connectivity index (χ1) is 18.2. The Labute approximate surface area is 217 Å². The summed E-state index contributed by atoms with van der Waals surface area (Å²) < 4.78 is 58.4. The summed E-state index contributed by atoms with van der Waals surface area (Å²) in [6.45, 7) is 3.08. The number of benzene rings is 1. The maximum absolute atomic E-state index is 14.9. The van der Waals surface area contributed by atoms with Gasteiger partial charge in [0.25, 0.3) is 6.29 Å². The number of esters is 1. The zero-order chi connectivity index (χ0) is 29.1. The van der Waals surface area contributed by atoms with Gasteiger partial charge in [0.05, 0.1) is 5.69 Å². The summed E-state index contributed by atoms with van der Waals surface area (Å²) >= 11 is 0. The Morgan fingerprint density at radius 1 is 1.23 bits per heavy atom. The van der Waals surface area contributed by atoms with Crippen LogP contribution in [0.25, 0.3) is 22.6 Å². The van der Waals surface area contributed by atoms with Gasteiger partial charge in [-0.15, -0.1) is 5.10 Å². The van der Waals surface area contributed by atoms with E-state index in [0.29, 0.717) is 22.6 Å². The molecule has 39 heavy (non-hydrogen) atoms. The number of cyclic esters (lactones) is 1. The number of aliphatic carboxylic acids is 1. The Morgan fingerprint density at radius 2 is 1.90 bits per heavy atom. The second-order valence-electron chi connectivity index (χ2n) is 8.11. The van der Waals surface area contributed by atoms with Gasteiger partial charge in [-0.3, -0.25) is 14.7 Å². The fourth-order valence-corrected chi connectivity index (χ4v) is 3.25. The molecule has 0 bridgehead atoms. The molecule has 3 heterocycles. The summed E-state index contributed by atoms with van der Waals surface area (Å²) in [4.78, 5) is 38.5. The van der Waals surface area contributed by atoms with Crippen molar-refractivity contribution >= 4 is 23.7 Å². The Balaban J connectivity index is 0.000000532. The van der Waals surface area contributed by atoms with Crippen LogP contribution >= 0.6 is 0 Å². The van der Waals surface area contributed by atoms with Crippen molar-refractivity contribution in [3.8, 4) is 22.6 Å². The van der Waals surface area contributed by atoms with Crippen molar-refractivity contribution in [2.45, 2.75) is 38.4 Å². The van der Waals surface area contributed by atoms with Crippen molar-refractivity contribution < 1.29 is 46.5 Å². The molecule has 0 saturated carbocycles. The van der Waals surface area contributed by atoms with E-state index in [1.165, 1.54) is 34.8 Å². The number of rotatable bonds is 5. The van der Waals surface area contributed by atoms with E-state index in [1.54, 1.807) is 32.2 Å².